The van der Waals surface area contributed by atoms with Crippen LogP contribution in [0.4, 0.5) is 15.8 Å². The van der Waals surface area contributed by atoms with Crippen LogP contribution >= 0.6 is 11.6 Å². The van der Waals surface area contributed by atoms with Gasteiger partial charge in [-0.2, -0.15) is 0 Å². The second kappa shape index (κ2) is 5.11. The van der Waals surface area contributed by atoms with Crippen LogP contribution in [0.15, 0.2) is 36.4 Å². The highest BCUT2D eigenvalue weighted by molar-refractivity contribution is 6.30. The van der Waals surface area contributed by atoms with Crippen molar-refractivity contribution in [1.29, 1.82) is 0 Å². The molecule has 2 rings (SSSR count). The summed E-state index contributed by atoms with van der Waals surface area (Å²) in [4.78, 5) is 9.99. The molecule has 0 aliphatic heterocycles. The van der Waals surface area contributed by atoms with Gasteiger partial charge in [-0.25, -0.2) is 4.39 Å². The van der Waals surface area contributed by atoms with Crippen molar-refractivity contribution in [3.8, 4) is 11.5 Å². The molecule has 0 saturated heterocycles. The van der Waals surface area contributed by atoms with Gasteiger partial charge in [-0.15, -0.1) is 0 Å². The Kier molecular flexibility index (Phi) is 3.52. The number of hydrogen-bond acceptors (Lipinski definition) is 4. The Morgan fingerprint density at radius 1 is 1.32 bits per heavy atom. The predicted molar refractivity (Wildman–Crippen MR) is 69.0 cm³/mol. The van der Waals surface area contributed by atoms with Crippen LogP contribution in [0, 0.1) is 15.9 Å². The number of benzene rings is 2. The standard InChI is InChI=1S/C12H8ClFN2O3/c13-8-2-1-3-11(12(8)14)19-7-4-5-10(16(17)18)9(15)6-7/h1-6H,15H2. The molecule has 2 aromatic rings. The minimum atomic E-state index is -0.707. The van der Waals surface area contributed by atoms with Crippen molar-refractivity contribution in [2.45, 2.75) is 0 Å². The van der Waals surface area contributed by atoms with Gasteiger partial charge in [0.15, 0.2) is 11.6 Å². The quantitative estimate of drug-likeness (QED) is 0.528. The molecule has 2 N–H and O–H groups in total. The summed E-state index contributed by atoms with van der Waals surface area (Å²) >= 11 is 5.61. The third-order valence-electron chi connectivity index (χ3n) is 2.34. The molecule has 0 heterocycles. The molecule has 98 valence electrons. The zero-order chi connectivity index (χ0) is 14.0. The van der Waals surface area contributed by atoms with E-state index >= 15 is 0 Å². The molecule has 0 fully saturated rings. The lowest BCUT2D eigenvalue weighted by Gasteiger charge is -2.08. The van der Waals surface area contributed by atoms with E-state index in [0.717, 1.165) is 0 Å². The largest absolute Gasteiger partial charge is 0.454 e. The van der Waals surface area contributed by atoms with Gasteiger partial charge >= 0.3 is 0 Å². The summed E-state index contributed by atoms with van der Waals surface area (Å²) in [6.45, 7) is 0. The molecule has 0 atom stereocenters. The van der Waals surface area contributed by atoms with E-state index < -0.39 is 10.7 Å². The summed E-state index contributed by atoms with van der Waals surface area (Å²) in [5.41, 5.74) is 5.20. The van der Waals surface area contributed by atoms with Crippen LogP contribution in [0.1, 0.15) is 0 Å². The number of anilines is 1. The number of ether oxygens (including phenoxy) is 1. The fourth-order valence-corrected chi connectivity index (χ4v) is 1.62. The molecule has 0 spiro atoms. The average molecular weight is 283 g/mol. The fourth-order valence-electron chi connectivity index (χ4n) is 1.45. The number of nitro groups is 1. The van der Waals surface area contributed by atoms with Gasteiger partial charge < -0.3 is 10.5 Å². The molecule has 0 bridgehead atoms. The number of nitro benzene ring substituents is 1. The van der Waals surface area contributed by atoms with Crippen molar-refractivity contribution >= 4 is 23.0 Å². The Hall–Kier alpha value is -2.34. The molecule has 0 aromatic heterocycles. The summed E-state index contributed by atoms with van der Waals surface area (Å²) in [5, 5.41) is 10.5. The highest BCUT2D eigenvalue weighted by Gasteiger charge is 2.13. The van der Waals surface area contributed by atoms with Gasteiger partial charge in [0.2, 0.25) is 0 Å². The zero-order valence-electron chi connectivity index (χ0n) is 9.47. The van der Waals surface area contributed by atoms with Gasteiger partial charge in [0, 0.05) is 12.1 Å². The smallest absolute Gasteiger partial charge is 0.292 e. The highest BCUT2D eigenvalue weighted by atomic mass is 35.5. The fraction of sp³-hybridized carbons (Fsp3) is 0. The second-order valence-electron chi connectivity index (χ2n) is 3.63. The van der Waals surface area contributed by atoms with Gasteiger partial charge in [-0.1, -0.05) is 17.7 Å². The Labute approximate surface area is 112 Å². The molecule has 0 saturated carbocycles. The Balaban J connectivity index is 2.32. The molecule has 2 aromatic carbocycles. The monoisotopic (exact) mass is 282 g/mol. The minimum Gasteiger partial charge on any atom is -0.454 e. The van der Waals surface area contributed by atoms with Gasteiger partial charge in [-0.05, 0) is 18.2 Å². The molecule has 0 aliphatic carbocycles. The first-order chi connectivity index (χ1) is 8.99. The first kappa shape index (κ1) is 13.1. The first-order valence-corrected chi connectivity index (χ1v) is 5.52. The number of rotatable bonds is 3. The van der Waals surface area contributed by atoms with Gasteiger partial charge in [0.25, 0.3) is 5.69 Å². The van der Waals surface area contributed by atoms with Gasteiger partial charge in [0.05, 0.1) is 9.95 Å². The summed E-state index contributed by atoms with van der Waals surface area (Å²) < 4.78 is 18.8. The van der Waals surface area contributed by atoms with Crippen LogP contribution in [-0.4, -0.2) is 4.92 Å². The van der Waals surface area contributed by atoms with Crippen molar-refractivity contribution in [2.24, 2.45) is 0 Å². The van der Waals surface area contributed by atoms with Gasteiger partial charge in [-0.3, -0.25) is 10.1 Å². The molecule has 5 nitrogen and oxygen atoms in total. The first-order valence-electron chi connectivity index (χ1n) is 5.15. The third kappa shape index (κ3) is 2.74. The average Bonchev–Trinajstić information content (AvgIpc) is 2.34. The molecule has 0 unspecified atom stereocenters. The van der Waals surface area contributed by atoms with E-state index in [4.69, 9.17) is 22.1 Å². The lowest BCUT2D eigenvalue weighted by atomic mass is 10.2. The van der Waals surface area contributed by atoms with E-state index in [-0.39, 0.29) is 27.9 Å². The Bertz CT molecular complexity index is 649. The molecule has 7 heteroatoms. The number of halogens is 2. The lowest BCUT2D eigenvalue weighted by Crippen LogP contribution is -1.96. The summed E-state index contributed by atoms with van der Waals surface area (Å²) in [6.07, 6.45) is 0. The maximum absolute atomic E-state index is 13.6. The molecule has 0 aliphatic rings. The predicted octanol–water partition coefficient (Wildman–Crippen LogP) is 3.76. The SMILES string of the molecule is Nc1cc(Oc2cccc(Cl)c2F)ccc1[N+](=O)[O-]. The molecule has 0 amide bonds. The summed E-state index contributed by atoms with van der Waals surface area (Å²) in [5.74, 6) is -0.605. The van der Waals surface area contributed by atoms with Crippen molar-refractivity contribution in [2.75, 3.05) is 5.73 Å². The van der Waals surface area contributed by atoms with E-state index in [1.54, 1.807) is 0 Å². The summed E-state index contributed by atoms with van der Waals surface area (Å²) in [6, 6.07) is 8.06. The molecule has 0 radical (unpaired) electrons. The maximum Gasteiger partial charge on any atom is 0.292 e. The molecule has 19 heavy (non-hydrogen) atoms. The number of hydrogen-bond donors (Lipinski definition) is 1. The number of nitrogens with zero attached hydrogens (tertiary/aromatic N) is 1. The van der Waals surface area contributed by atoms with Crippen LogP contribution in [-0.2, 0) is 0 Å². The van der Waals surface area contributed by atoms with Crippen LogP contribution in [0.5, 0.6) is 11.5 Å². The van der Waals surface area contributed by atoms with Crippen molar-refractivity contribution in [1.82, 2.24) is 0 Å². The van der Waals surface area contributed by atoms with E-state index in [9.17, 15) is 14.5 Å². The van der Waals surface area contributed by atoms with E-state index in [1.165, 1.54) is 36.4 Å². The minimum absolute atomic E-state index is 0.0649. The van der Waals surface area contributed by atoms with E-state index in [1.807, 2.05) is 0 Å². The van der Waals surface area contributed by atoms with E-state index in [2.05, 4.69) is 0 Å². The highest BCUT2D eigenvalue weighted by Crippen LogP contribution is 2.32. The maximum atomic E-state index is 13.6. The third-order valence-corrected chi connectivity index (χ3v) is 2.63. The van der Waals surface area contributed by atoms with E-state index in [0.29, 0.717) is 0 Å². The van der Waals surface area contributed by atoms with Crippen LogP contribution in [0.2, 0.25) is 5.02 Å². The Morgan fingerprint density at radius 2 is 2.05 bits per heavy atom. The number of nitrogens with two attached hydrogens (primary N) is 1. The molecular weight excluding hydrogens is 275 g/mol. The van der Waals surface area contributed by atoms with Crippen LogP contribution < -0.4 is 10.5 Å². The summed E-state index contributed by atoms with van der Waals surface area (Å²) in [7, 11) is 0. The van der Waals surface area contributed by atoms with Crippen LogP contribution in [0.25, 0.3) is 0 Å². The van der Waals surface area contributed by atoms with Crippen molar-refractivity contribution < 1.29 is 14.1 Å². The zero-order valence-corrected chi connectivity index (χ0v) is 10.2. The van der Waals surface area contributed by atoms with Crippen molar-refractivity contribution in [3.05, 3.63) is 57.4 Å². The van der Waals surface area contributed by atoms with Crippen LogP contribution in [0.3, 0.4) is 0 Å². The normalized spacial score (nSPS) is 10.2. The Morgan fingerprint density at radius 3 is 2.68 bits per heavy atom. The van der Waals surface area contributed by atoms with Crippen molar-refractivity contribution in [3.63, 3.8) is 0 Å². The van der Waals surface area contributed by atoms with Gasteiger partial charge in [0.1, 0.15) is 11.4 Å². The molecular formula is C12H8ClFN2O3. The lowest BCUT2D eigenvalue weighted by molar-refractivity contribution is -0.383. The topological polar surface area (TPSA) is 78.4 Å². The number of nitrogen functional groups attached to an aromatic ring is 1. The second-order valence-corrected chi connectivity index (χ2v) is 4.04.